The van der Waals surface area contributed by atoms with Crippen molar-refractivity contribution in [2.24, 2.45) is 11.7 Å². The Morgan fingerprint density at radius 1 is 1.44 bits per heavy atom. The zero-order chi connectivity index (χ0) is 13.1. The maximum atomic E-state index is 12.2. The molecule has 4 heteroatoms. The van der Waals surface area contributed by atoms with Crippen LogP contribution in [0.2, 0.25) is 0 Å². The molecule has 3 atom stereocenters. The minimum atomic E-state index is -1.06. The van der Waals surface area contributed by atoms with Crippen LogP contribution in [0.1, 0.15) is 25.0 Å². The first-order chi connectivity index (χ1) is 8.59. The number of aliphatic hydroxyl groups excluding tert-OH is 1. The monoisotopic (exact) mass is 248 g/mol. The molecule has 1 fully saturated rings. The van der Waals surface area contributed by atoms with Crippen LogP contribution < -0.4 is 5.73 Å². The third-order valence-electron chi connectivity index (χ3n) is 3.63. The first-order valence-electron chi connectivity index (χ1n) is 6.37. The van der Waals surface area contributed by atoms with E-state index in [2.05, 4.69) is 0 Å². The van der Waals surface area contributed by atoms with Crippen LogP contribution >= 0.6 is 0 Å². The topological polar surface area (TPSA) is 66.6 Å². The highest BCUT2D eigenvalue weighted by Crippen LogP contribution is 2.20. The maximum absolute atomic E-state index is 12.2. The van der Waals surface area contributed by atoms with Gasteiger partial charge in [0.2, 0.25) is 0 Å². The lowest BCUT2D eigenvalue weighted by atomic mass is 9.94. The molecule has 1 saturated heterocycles. The highest BCUT2D eigenvalue weighted by Gasteiger charge is 2.30. The van der Waals surface area contributed by atoms with Crippen molar-refractivity contribution >= 4 is 5.91 Å². The summed E-state index contributed by atoms with van der Waals surface area (Å²) in [6.07, 6.45) is -0.262. The molecule has 1 aliphatic rings. The molecule has 0 bridgehead atoms. The molecule has 1 aliphatic heterocycles. The number of amides is 1. The van der Waals surface area contributed by atoms with Gasteiger partial charge in [0.05, 0.1) is 0 Å². The van der Waals surface area contributed by atoms with E-state index < -0.39 is 6.10 Å². The van der Waals surface area contributed by atoms with Gasteiger partial charge in [0.15, 0.2) is 6.10 Å². The van der Waals surface area contributed by atoms with Crippen molar-refractivity contribution in [1.82, 2.24) is 4.90 Å². The molecular weight excluding hydrogens is 228 g/mol. The number of carbonyl (C=O) groups excluding carboxylic acids is 1. The molecular formula is C14H20N2O2. The van der Waals surface area contributed by atoms with Crippen molar-refractivity contribution in [3.63, 3.8) is 0 Å². The molecule has 0 aliphatic carbocycles. The van der Waals surface area contributed by atoms with E-state index >= 15 is 0 Å². The van der Waals surface area contributed by atoms with Gasteiger partial charge in [-0.2, -0.15) is 0 Å². The average molecular weight is 248 g/mol. The summed E-state index contributed by atoms with van der Waals surface area (Å²) in [5, 5.41) is 10.1. The lowest BCUT2D eigenvalue weighted by molar-refractivity contribution is -0.142. The van der Waals surface area contributed by atoms with E-state index in [-0.39, 0.29) is 17.9 Å². The Kier molecular flexibility index (Phi) is 3.99. The van der Waals surface area contributed by atoms with Crippen LogP contribution in [0.5, 0.6) is 0 Å². The second-order valence-electron chi connectivity index (χ2n) is 5.03. The average Bonchev–Trinajstić information content (AvgIpc) is 2.41. The van der Waals surface area contributed by atoms with Crippen LogP contribution in [0.15, 0.2) is 30.3 Å². The number of carbonyl (C=O) groups is 1. The summed E-state index contributed by atoms with van der Waals surface area (Å²) in [7, 11) is 0. The molecule has 0 radical (unpaired) electrons. The van der Waals surface area contributed by atoms with E-state index in [0.29, 0.717) is 18.7 Å². The van der Waals surface area contributed by atoms with E-state index in [4.69, 9.17) is 5.73 Å². The summed E-state index contributed by atoms with van der Waals surface area (Å²) in [4.78, 5) is 13.9. The number of nitrogens with zero attached hydrogens (tertiary/aromatic N) is 1. The van der Waals surface area contributed by atoms with Crippen molar-refractivity contribution < 1.29 is 9.90 Å². The SMILES string of the molecule is CC1CN(C(=O)C(O)c2ccccc2)CCC1N. The number of nitrogens with two attached hydrogens (primary N) is 1. The predicted molar refractivity (Wildman–Crippen MR) is 69.7 cm³/mol. The molecule has 4 nitrogen and oxygen atoms in total. The molecule has 2 rings (SSSR count). The number of hydrogen-bond donors (Lipinski definition) is 2. The molecule has 18 heavy (non-hydrogen) atoms. The van der Waals surface area contributed by atoms with Crippen molar-refractivity contribution in [3.8, 4) is 0 Å². The largest absolute Gasteiger partial charge is 0.378 e. The van der Waals surface area contributed by atoms with E-state index in [1.165, 1.54) is 0 Å². The van der Waals surface area contributed by atoms with Crippen LogP contribution in [0.4, 0.5) is 0 Å². The Morgan fingerprint density at radius 2 is 2.11 bits per heavy atom. The molecule has 3 N–H and O–H groups in total. The van der Waals surface area contributed by atoms with Gasteiger partial charge < -0.3 is 15.7 Å². The van der Waals surface area contributed by atoms with Gasteiger partial charge in [0.25, 0.3) is 5.91 Å². The molecule has 1 aromatic rings. The van der Waals surface area contributed by atoms with Gasteiger partial charge in [-0.1, -0.05) is 37.3 Å². The van der Waals surface area contributed by atoms with Gasteiger partial charge in [0, 0.05) is 19.1 Å². The first kappa shape index (κ1) is 13.1. The summed E-state index contributed by atoms with van der Waals surface area (Å²) >= 11 is 0. The van der Waals surface area contributed by atoms with Gasteiger partial charge in [-0.15, -0.1) is 0 Å². The number of hydrogen-bond acceptors (Lipinski definition) is 3. The molecule has 3 unspecified atom stereocenters. The fraction of sp³-hybridized carbons (Fsp3) is 0.500. The third-order valence-corrected chi connectivity index (χ3v) is 3.63. The third kappa shape index (κ3) is 2.71. The van der Waals surface area contributed by atoms with Crippen LogP contribution in [-0.4, -0.2) is 35.0 Å². The fourth-order valence-corrected chi connectivity index (χ4v) is 2.31. The predicted octanol–water partition coefficient (Wildman–Crippen LogP) is 0.916. The van der Waals surface area contributed by atoms with Crippen LogP contribution in [-0.2, 0) is 4.79 Å². The quantitative estimate of drug-likeness (QED) is 0.817. The number of aliphatic hydroxyl groups is 1. The summed E-state index contributed by atoms with van der Waals surface area (Å²) in [6, 6.07) is 9.19. The number of likely N-dealkylation sites (tertiary alicyclic amines) is 1. The lowest BCUT2D eigenvalue weighted by Crippen LogP contribution is -2.49. The Labute approximate surface area is 107 Å². The number of benzene rings is 1. The molecule has 0 aromatic heterocycles. The summed E-state index contributed by atoms with van der Waals surface area (Å²) in [6.45, 7) is 3.30. The van der Waals surface area contributed by atoms with Crippen molar-refractivity contribution in [3.05, 3.63) is 35.9 Å². The minimum Gasteiger partial charge on any atom is -0.378 e. The Balaban J connectivity index is 2.03. The number of rotatable bonds is 2. The Hall–Kier alpha value is -1.39. The molecule has 0 spiro atoms. The molecule has 1 aromatic carbocycles. The second-order valence-corrected chi connectivity index (χ2v) is 5.03. The van der Waals surface area contributed by atoms with E-state index in [1.807, 2.05) is 25.1 Å². The van der Waals surface area contributed by atoms with Crippen molar-refractivity contribution in [2.45, 2.75) is 25.5 Å². The molecule has 98 valence electrons. The fourth-order valence-electron chi connectivity index (χ4n) is 2.31. The zero-order valence-electron chi connectivity index (χ0n) is 10.6. The van der Waals surface area contributed by atoms with E-state index in [1.54, 1.807) is 17.0 Å². The van der Waals surface area contributed by atoms with Crippen LogP contribution in [0.25, 0.3) is 0 Å². The number of piperidine rings is 1. The van der Waals surface area contributed by atoms with Crippen LogP contribution in [0.3, 0.4) is 0 Å². The van der Waals surface area contributed by atoms with Gasteiger partial charge in [0.1, 0.15) is 0 Å². The standard InChI is InChI=1S/C14H20N2O2/c1-10-9-16(8-7-12(10)15)14(18)13(17)11-5-3-2-4-6-11/h2-6,10,12-13,17H,7-9,15H2,1H3. The Bertz CT molecular complexity index is 408. The molecule has 1 heterocycles. The maximum Gasteiger partial charge on any atom is 0.256 e. The van der Waals surface area contributed by atoms with Crippen molar-refractivity contribution in [2.75, 3.05) is 13.1 Å². The van der Waals surface area contributed by atoms with E-state index in [0.717, 1.165) is 6.42 Å². The van der Waals surface area contributed by atoms with Crippen LogP contribution in [0, 0.1) is 5.92 Å². The highest BCUT2D eigenvalue weighted by atomic mass is 16.3. The lowest BCUT2D eigenvalue weighted by Gasteiger charge is -2.36. The zero-order valence-corrected chi connectivity index (χ0v) is 10.6. The second kappa shape index (κ2) is 5.50. The summed E-state index contributed by atoms with van der Waals surface area (Å²) in [5.74, 6) is 0.0608. The summed E-state index contributed by atoms with van der Waals surface area (Å²) < 4.78 is 0. The van der Waals surface area contributed by atoms with E-state index in [9.17, 15) is 9.90 Å². The molecule has 0 saturated carbocycles. The Morgan fingerprint density at radius 3 is 2.72 bits per heavy atom. The minimum absolute atomic E-state index is 0.155. The first-order valence-corrected chi connectivity index (χ1v) is 6.37. The highest BCUT2D eigenvalue weighted by molar-refractivity contribution is 5.82. The van der Waals surface area contributed by atoms with Gasteiger partial charge >= 0.3 is 0 Å². The van der Waals surface area contributed by atoms with Crippen molar-refractivity contribution in [1.29, 1.82) is 0 Å². The normalized spacial score (nSPS) is 25.8. The molecule has 1 amide bonds. The smallest absolute Gasteiger partial charge is 0.256 e. The summed E-state index contributed by atoms with van der Waals surface area (Å²) in [5.41, 5.74) is 6.57. The van der Waals surface area contributed by atoms with Gasteiger partial charge in [-0.25, -0.2) is 0 Å². The van der Waals surface area contributed by atoms with Gasteiger partial charge in [-0.05, 0) is 17.9 Å². The van der Waals surface area contributed by atoms with Gasteiger partial charge in [-0.3, -0.25) is 4.79 Å².